The number of pyridine rings is 1. The molecule has 0 aliphatic heterocycles. The summed E-state index contributed by atoms with van der Waals surface area (Å²) >= 11 is 1.81. The SMILES string of the molecule is Cn1c(-c2cccc(C(F)c3cccc(-n4c5ccc6sc7ccccc7c6c5c5cccnc54)c3)c2)nc2ccccc21. The molecular formula is C38H25FN4S. The lowest BCUT2D eigenvalue weighted by atomic mass is 10.00. The predicted octanol–water partition coefficient (Wildman–Crippen LogP) is 10.2. The summed E-state index contributed by atoms with van der Waals surface area (Å²) in [6.07, 6.45) is 0.521. The number of thiophene rings is 1. The molecule has 6 heteroatoms. The molecule has 0 fully saturated rings. The Kier molecular flexibility index (Phi) is 5.49. The lowest BCUT2D eigenvalue weighted by Crippen LogP contribution is -2.00. The lowest BCUT2D eigenvalue weighted by Gasteiger charge is -2.14. The summed E-state index contributed by atoms with van der Waals surface area (Å²) < 4.78 is 23.2. The van der Waals surface area contributed by atoms with Gasteiger partial charge < -0.3 is 4.57 Å². The van der Waals surface area contributed by atoms with Crippen LogP contribution in [0, 0.1) is 0 Å². The van der Waals surface area contributed by atoms with Crippen LogP contribution >= 0.6 is 11.3 Å². The Balaban J connectivity index is 1.19. The van der Waals surface area contributed by atoms with Gasteiger partial charge in [0.25, 0.3) is 0 Å². The first-order valence-corrected chi connectivity index (χ1v) is 15.4. The molecule has 44 heavy (non-hydrogen) atoms. The van der Waals surface area contributed by atoms with Crippen LogP contribution in [0.15, 0.2) is 128 Å². The molecule has 4 aromatic heterocycles. The van der Waals surface area contributed by atoms with Crippen molar-refractivity contribution in [2.24, 2.45) is 7.05 Å². The van der Waals surface area contributed by atoms with Crippen molar-refractivity contribution in [3.8, 4) is 17.1 Å². The zero-order valence-electron chi connectivity index (χ0n) is 23.8. The summed E-state index contributed by atoms with van der Waals surface area (Å²) in [4.78, 5) is 9.66. The highest BCUT2D eigenvalue weighted by Gasteiger charge is 2.20. The first-order valence-electron chi connectivity index (χ1n) is 14.6. The van der Waals surface area contributed by atoms with E-state index in [1.165, 1.54) is 25.6 Å². The minimum absolute atomic E-state index is 0.595. The normalized spacial score (nSPS) is 12.7. The van der Waals surface area contributed by atoms with Gasteiger partial charge in [-0.1, -0.05) is 60.7 Å². The van der Waals surface area contributed by atoms with Crippen molar-refractivity contribution in [1.82, 2.24) is 19.1 Å². The van der Waals surface area contributed by atoms with E-state index in [2.05, 4.69) is 57.7 Å². The van der Waals surface area contributed by atoms with E-state index in [9.17, 15) is 0 Å². The second-order valence-electron chi connectivity index (χ2n) is 11.2. The van der Waals surface area contributed by atoms with E-state index in [0.717, 1.165) is 44.7 Å². The topological polar surface area (TPSA) is 35.6 Å². The maximum atomic E-state index is 16.4. The van der Waals surface area contributed by atoms with Gasteiger partial charge in [0.2, 0.25) is 0 Å². The van der Waals surface area contributed by atoms with Crippen molar-refractivity contribution in [3.63, 3.8) is 0 Å². The standard InChI is InChI=1S/C38H25FN4S/c1-42-30-16-4-3-15-29(30)41-37(42)25-11-6-9-23(21-25)36(39)24-10-7-12-26(22-24)43-31-18-19-33-35(27-13-2-5-17-32(27)44-33)34(31)28-14-8-20-40-38(28)43/h2-22,36H,1H3. The van der Waals surface area contributed by atoms with Crippen LogP contribution in [-0.2, 0) is 7.05 Å². The molecule has 0 amide bonds. The van der Waals surface area contributed by atoms with Crippen LogP contribution < -0.4 is 0 Å². The first-order chi connectivity index (χ1) is 21.7. The van der Waals surface area contributed by atoms with E-state index >= 15 is 4.39 Å². The number of alkyl halides is 1. The predicted molar refractivity (Wildman–Crippen MR) is 181 cm³/mol. The Morgan fingerprint density at radius 2 is 1.48 bits per heavy atom. The molecule has 9 aromatic rings. The monoisotopic (exact) mass is 588 g/mol. The summed E-state index contributed by atoms with van der Waals surface area (Å²) in [5.41, 5.74) is 6.86. The van der Waals surface area contributed by atoms with Crippen molar-refractivity contribution in [1.29, 1.82) is 0 Å². The number of para-hydroxylation sites is 2. The van der Waals surface area contributed by atoms with Gasteiger partial charge in [-0.15, -0.1) is 11.3 Å². The van der Waals surface area contributed by atoms with Gasteiger partial charge >= 0.3 is 0 Å². The van der Waals surface area contributed by atoms with E-state index in [0.29, 0.717) is 11.1 Å². The second-order valence-corrected chi connectivity index (χ2v) is 12.3. The van der Waals surface area contributed by atoms with Crippen molar-refractivity contribution >= 4 is 64.5 Å². The van der Waals surface area contributed by atoms with Gasteiger partial charge in [0.15, 0.2) is 6.17 Å². The van der Waals surface area contributed by atoms with Gasteiger partial charge in [0.05, 0.1) is 16.6 Å². The molecule has 1 atom stereocenters. The fraction of sp³-hybridized carbons (Fsp3) is 0.0526. The van der Waals surface area contributed by atoms with E-state index in [-0.39, 0.29) is 0 Å². The molecule has 1 unspecified atom stereocenters. The molecule has 9 rings (SSSR count). The van der Waals surface area contributed by atoms with Crippen LogP contribution in [0.25, 0.3) is 70.2 Å². The summed E-state index contributed by atoms with van der Waals surface area (Å²) in [5.74, 6) is 0.817. The quantitative estimate of drug-likeness (QED) is 0.205. The van der Waals surface area contributed by atoms with Gasteiger partial charge in [-0.2, -0.15) is 0 Å². The van der Waals surface area contributed by atoms with E-state index in [1.54, 1.807) is 0 Å². The van der Waals surface area contributed by atoms with E-state index in [1.807, 2.05) is 97.4 Å². The molecule has 0 aliphatic rings. The third-order valence-electron chi connectivity index (χ3n) is 8.68. The first kappa shape index (κ1) is 25.2. The average Bonchev–Trinajstić information content (AvgIpc) is 3.73. The number of nitrogens with zero attached hydrogens (tertiary/aromatic N) is 4. The zero-order chi connectivity index (χ0) is 29.4. The van der Waals surface area contributed by atoms with Crippen molar-refractivity contribution < 1.29 is 4.39 Å². The molecule has 0 N–H and O–H groups in total. The third-order valence-corrected chi connectivity index (χ3v) is 9.81. The Morgan fingerprint density at radius 1 is 0.682 bits per heavy atom. The van der Waals surface area contributed by atoms with E-state index < -0.39 is 6.17 Å². The van der Waals surface area contributed by atoms with Gasteiger partial charge in [-0.25, -0.2) is 14.4 Å². The Morgan fingerprint density at radius 3 is 2.39 bits per heavy atom. The second kappa shape index (κ2) is 9.59. The number of aryl methyl sites for hydroxylation is 1. The van der Waals surface area contributed by atoms with Crippen molar-refractivity contribution in [3.05, 3.63) is 139 Å². The van der Waals surface area contributed by atoms with Gasteiger partial charge in [0, 0.05) is 55.4 Å². The highest BCUT2D eigenvalue weighted by molar-refractivity contribution is 7.26. The van der Waals surface area contributed by atoms with Crippen LogP contribution in [0.4, 0.5) is 4.39 Å². The lowest BCUT2D eigenvalue weighted by molar-refractivity contribution is 0.402. The molecule has 0 saturated carbocycles. The highest BCUT2D eigenvalue weighted by Crippen LogP contribution is 2.43. The number of rotatable bonds is 4. The number of hydrogen-bond acceptors (Lipinski definition) is 3. The van der Waals surface area contributed by atoms with E-state index in [4.69, 9.17) is 9.97 Å². The number of hydrogen-bond donors (Lipinski definition) is 0. The zero-order valence-corrected chi connectivity index (χ0v) is 24.6. The minimum Gasteiger partial charge on any atom is -0.327 e. The fourth-order valence-electron chi connectivity index (χ4n) is 6.66. The number of aromatic nitrogens is 4. The Bertz CT molecular complexity index is 2550. The number of benzene rings is 5. The van der Waals surface area contributed by atoms with Crippen LogP contribution in [0.3, 0.4) is 0 Å². The van der Waals surface area contributed by atoms with Gasteiger partial charge in [-0.05, 0) is 71.8 Å². The molecule has 0 spiro atoms. The molecule has 4 nitrogen and oxygen atoms in total. The largest absolute Gasteiger partial charge is 0.327 e. The third kappa shape index (κ3) is 3.68. The molecule has 4 heterocycles. The molecule has 5 aromatic carbocycles. The minimum atomic E-state index is -1.31. The summed E-state index contributed by atoms with van der Waals surface area (Å²) in [7, 11) is 2.00. The highest BCUT2D eigenvalue weighted by atomic mass is 32.1. The van der Waals surface area contributed by atoms with Crippen molar-refractivity contribution in [2.75, 3.05) is 0 Å². The molecule has 0 aliphatic carbocycles. The summed E-state index contributed by atoms with van der Waals surface area (Å²) in [6, 6.07) is 40.6. The van der Waals surface area contributed by atoms with Crippen LogP contribution in [0.2, 0.25) is 0 Å². The molecule has 0 radical (unpaired) electrons. The summed E-state index contributed by atoms with van der Waals surface area (Å²) in [5, 5.41) is 4.77. The average molecular weight is 589 g/mol. The molecule has 210 valence electrons. The van der Waals surface area contributed by atoms with Crippen LogP contribution in [0.5, 0.6) is 0 Å². The van der Waals surface area contributed by atoms with Crippen molar-refractivity contribution in [2.45, 2.75) is 6.17 Å². The molecular weight excluding hydrogens is 564 g/mol. The van der Waals surface area contributed by atoms with Gasteiger partial charge in [-0.3, -0.25) is 4.57 Å². The number of fused-ring (bicyclic) bond motifs is 8. The van der Waals surface area contributed by atoms with Crippen LogP contribution in [0.1, 0.15) is 17.3 Å². The van der Waals surface area contributed by atoms with Gasteiger partial charge in [0.1, 0.15) is 11.5 Å². The summed E-state index contributed by atoms with van der Waals surface area (Å²) in [6.45, 7) is 0. The maximum Gasteiger partial charge on any atom is 0.150 e. The molecule has 0 saturated heterocycles. The Labute approximate surface area is 256 Å². The van der Waals surface area contributed by atoms with Crippen LogP contribution in [-0.4, -0.2) is 19.1 Å². The maximum absolute atomic E-state index is 16.4. The fourth-order valence-corrected chi connectivity index (χ4v) is 7.78. The number of imidazole rings is 1. The molecule has 0 bridgehead atoms. The number of halogens is 1. The smallest absolute Gasteiger partial charge is 0.150 e. The Hall–Kier alpha value is -5.33.